The van der Waals surface area contributed by atoms with Gasteiger partial charge in [-0.1, -0.05) is 0 Å². The van der Waals surface area contributed by atoms with Crippen LogP contribution in [0.5, 0.6) is 0 Å². The van der Waals surface area contributed by atoms with Crippen LogP contribution < -0.4 is 5.32 Å². The molecule has 6 heteroatoms. The Kier molecular flexibility index (Phi) is 3.75. The van der Waals surface area contributed by atoms with E-state index >= 15 is 0 Å². The van der Waals surface area contributed by atoms with E-state index in [4.69, 9.17) is 11.6 Å². The Morgan fingerprint density at radius 2 is 2.16 bits per heavy atom. The second-order valence-electron chi connectivity index (χ2n) is 4.38. The van der Waals surface area contributed by atoms with Crippen molar-refractivity contribution >= 4 is 28.5 Å². The molecule has 19 heavy (non-hydrogen) atoms. The number of carbonyl (C=O) groups excluding carboxylic acids is 1. The third-order valence-electron chi connectivity index (χ3n) is 3.05. The maximum absolute atomic E-state index is 13.2. The lowest BCUT2D eigenvalue weighted by Crippen LogP contribution is -2.28. The molecule has 0 saturated carbocycles. The number of likely N-dealkylation sites (N-methyl/N-ethyl adjacent to an activating group) is 1. The van der Waals surface area contributed by atoms with Crippen molar-refractivity contribution in [3.05, 3.63) is 29.8 Å². The number of carbonyl (C=O) groups is 1. The Balaban J connectivity index is 2.68. The quantitative estimate of drug-likeness (QED) is 0.881. The first-order valence-corrected chi connectivity index (χ1v) is 6.42. The second-order valence-corrected chi connectivity index (χ2v) is 5.03. The zero-order valence-electron chi connectivity index (χ0n) is 10.9. The van der Waals surface area contributed by atoms with E-state index < -0.39 is 6.04 Å². The molecule has 1 amide bonds. The van der Waals surface area contributed by atoms with Crippen LogP contribution in [-0.2, 0) is 4.79 Å². The van der Waals surface area contributed by atoms with Crippen molar-refractivity contribution in [3.63, 3.8) is 0 Å². The number of amides is 1. The Bertz CT molecular complexity index is 624. The molecule has 0 radical (unpaired) electrons. The van der Waals surface area contributed by atoms with Crippen LogP contribution in [0.25, 0.3) is 11.0 Å². The highest BCUT2D eigenvalue weighted by molar-refractivity contribution is 6.20. The molecule has 1 heterocycles. The van der Waals surface area contributed by atoms with E-state index in [2.05, 4.69) is 10.3 Å². The predicted molar refractivity (Wildman–Crippen MR) is 72.7 cm³/mol. The fourth-order valence-electron chi connectivity index (χ4n) is 2.10. The summed E-state index contributed by atoms with van der Waals surface area (Å²) in [6.07, 6.45) is 0. The van der Waals surface area contributed by atoms with Gasteiger partial charge >= 0.3 is 0 Å². The first-order chi connectivity index (χ1) is 8.95. The third-order valence-corrected chi connectivity index (χ3v) is 3.24. The van der Waals surface area contributed by atoms with Gasteiger partial charge in [0.1, 0.15) is 17.7 Å². The highest BCUT2D eigenvalue weighted by Gasteiger charge is 2.23. The summed E-state index contributed by atoms with van der Waals surface area (Å²) in [4.78, 5) is 16.1. The van der Waals surface area contributed by atoms with Gasteiger partial charge in [-0.2, -0.15) is 0 Å². The molecule has 0 saturated heterocycles. The first-order valence-electron chi connectivity index (χ1n) is 5.98. The molecule has 0 spiro atoms. The fraction of sp³-hybridized carbons (Fsp3) is 0.385. The number of benzene rings is 1. The number of rotatable bonds is 3. The highest BCUT2D eigenvalue weighted by Crippen LogP contribution is 2.28. The van der Waals surface area contributed by atoms with Crippen LogP contribution in [-0.4, -0.2) is 22.5 Å². The number of aromatic nitrogens is 2. The maximum Gasteiger partial charge on any atom is 0.242 e. The Hall–Kier alpha value is -1.62. The molecule has 4 nitrogen and oxygen atoms in total. The van der Waals surface area contributed by atoms with Gasteiger partial charge in [-0.05, 0) is 26.0 Å². The maximum atomic E-state index is 13.2. The normalized spacial score (nSPS) is 14.4. The van der Waals surface area contributed by atoms with Gasteiger partial charge in [-0.3, -0.25) is 4.79 Å². The number of imidazole rings is 1. The van der Waals surface area contributed by atoms with E-state index in [9.17, 15) is 9.18 Å². The lowest BCUT2D eigenvalue weighted by atomic mass is 10.2. The molecule has 2 atom stereocenters. The van der Waals surface area contributed by atoms with Crippen molar-refractivity contribution in [3.8, 4) is 0 Å². The van der Waals surface area contributed by atoms with Gasteiger partial charge in [-0.25, -0.2) is 9.37 Å². The topological polar surface area (TPSA) is 46.9 Å². The number of alkyl halides is 1. The van der Waals surface area contributed by atoms with Crippen molar-refractivity contribution in [2.24, 2.45) is 0 Å². The fourth-order valence-corrected chi connectivity index (χ4v) is 2.26. The molecule has 1 aromatic heterocycles. The summed E-state index contributed by atoms with van der Waals surface area (Å²) in [5.74, 6) is 0.0408. The van der Waals surface area contributed by atoms with Gasteiger partial charge < -0.3 is 9.88 Å². The molecule has 2 aromatic rings. The van der Waals surface area contributed by atoms with Crippen LogP contribution in [0, 0.1) is 5.82 Å². The lowest BCUT2D eigenvalue weighted by molar-refractivity contribution is -0.123. The number of hydrogen-bond acceptors (Lipinski definition) is 2. The third kappa shape index (κ3) is 2.42. The zero-order valence-corrected chi connectivity index (χ0v) is 11.7. The van der Waals surface area contributed by atoms with Crippen LogP contribution in [0.3, 0.4) is 0 Å². The number of fused-ring (bicyclic) bond motifs is 1. The largest absolute Gasteiger partial charge is 0.357 e. The zero-order chi connectivity index (χ0) is 14.2. The van der Waals surface area contributed by atoms with E-state index in [1.807, 2.05) is 0 Å². The van der Waals surface area contributed by atoms with E-state index in [0.29, 0.717) is 16.9 Å². The summed E-state index contributed by atoms with van der Waals surface area (Å²) >= 11 is 6.10. The van der Waals surface area contributed by atoms with Crippen LogP contribution in [0.2, 0.25) is 0 Å². The molecule has 0 aliphatic rings. The average molecular weight is 284 g/mol. The van der Waals surface area contributed by atoms with Crippen molar-refractivity contribution in [1.82, 2.24) is 14.9 Å². The SMILES string of the molecule is CNC(=O)C(C)n1c(C(C)Cl)nc2cc(F)ccc21. The number of halogens is 2. The molecule has 0 fully saturated rings. The summed E-state index contributed by atoms with van der Waals surface area (Å²) in [5, 5.41) is 2.22. The summed E-state index contributed by atoms with van der Waals surface area (Å²) < 4.78 is 15.0. The minimum absolute atomic E-state index is 0.151. The molecule has 102 valence electrons. The molecule has 2 unspecified atom stereocenters. The molecule has 0 bridgehead atoms. The molecule has 2 rings (SSSR count). The van der Waals surface area contributed by atoms with Crippen molar-refractivity contribution in [1.29, 1.82) is 0 Å². The van der Waals surface area contributed by atoms with Gasteiger partial charge in [0.2, 0.25) is 5.91 Å². The van der Waals surface area contributed by atoms with Crippen molar-refractivity contribution in [2.75, 3.05) is 7.05 Å². The van der Waals surface area contributed by atoms with E-state index in [-0.39, 0.29) is 17.1 Å². The smallest absolute Gasteiger partial charge is 0.242 e. The Morgan fingerprint density at radius 1 is 1.47 bits per heavy atom. The Morgan fingerprint density at radius 3 is 2.74 bits per heavy atom. The van der Waals surface area contributed by atoms with Crippen molar-refractivity contribution in [2.45, 2.75) is 25.3 Å². The van der Waals surface area contributed by atoms with Gasteiger partial charge in [0, 0.05) is 13.1 Å². The van der Waals surface area contributed by atoms with Gasteiger partial charge in [0.25, 0.3) is 0 Å². The second kappa shape index (κ2) is 5.17. The lowest BCUT2D eigenvalue weighted by Gasteiger charge is -2.17. The van der Waals surface area contributed by atoms with E-state index in [1.54, 1.807) is 31.5 Å². The Labute approximate surface area is 115 Å². The number of hydrogen-bond donors (Lipinski definition) is 1. The van der Waals surface area contributed by atoms with E-state index in [1.165, 1.54) is 12.1 Å². The minimum atomic E-state index is -0.461. The van der Waals surface area contributed by atoms with Gasteiger partial charge in [0.15, 0.2) is 0 Å². The van der Waals surface area contributed by atoms with Gasteiger partial charge in [-0.15, -0.1) is 11.6 Å². The first kappa shape index (κ1) is 13.8. The average Bonchev–Trinajstić information content (AvgIpc) is 2.75. The van der Waals surface area contributed by atoms with Gasteiger partial charge in [0.05, 0.1) is 16.4 Å². The summed E-state index contributed by atoms with van der Waals surface area (Å²) in [6, 6.07) is 3.84. The van der Waals surface area contributed by atoms with Crippen LogP contribution in [0.15, 0.2) is 18.2 Å². The summed E-state index contributed by atoms with van der Waals surface area (Å²) in [7, 11) is 1.57. The molecule has 1 aromatic carbocycles. The standard InChI is InChI=1S/C13H15ClFN3O/c1-7(14)12-17-10-6-9(15)4-5-11(10)18(12)8(2)13(19)16-3/h4-8H,1-3H3,(H,16,19). The van der Waals surface area contributed by atoms with Crippen LogP contribution in [0.1, 0.15) is 31.1 Å². The van der Waals surface area contributed by atoms with Crippen LogP contribution >= 0.6 is 11.6 Å². The molecule has 0 aliphatic carbocycles. The number of nitrogens with one attached hydrogen (secondary N) is 1. The molecular formula is C13H15ClFN3O. The molecule has 0 aliphatic heterocycles. The molecular weight excluding hydrogens is 269 g/mol. The predicted octanol–water partition coefficient (Wildman–Crippen LogP) is 2.78. The monoisotopic (exact) mass is 283 g/mol. The van der Waals surface area contributed by atoms with Crippen LogP contribution in [0.4, 0.5) is 4.39 Å². The highest BCUT2D eigenvalue weighted by atomic mass is 35.5. The minimum Gasteiger partial charge on any atom is -0.357 e. The van der Waals surface area contributed by atoms with E-state index in [0.717, 1.165) is 0 Å². The number of nitrogens with zero attached hydrogens (tertiary/aromatic N) is 2. The van der Waals surface area contributed by atoms with Crippen molar-refractivity contribution < 1.29 is 9.18 Å². The summed E-state index contributed by atoms with van der Waals surface area (Å²) in [6.45, 7) is 3.53. The molecule has 1 N–H and O–H groups in total. The summed E-state index contributed by atoms with van der Waals surface area (Å²) in [5.41, 5.74) is 1.19.